The van der Waals surface area contributed by atoms with Crippen LogP contribution < -0.4 is 11.2 Å². The third-order valence-corrected chi connectivity index (χ3v) is 2.24. The molecular formula is C10H7BrN6. The number of anilines is 1. The molecule has 0 aromatic heterocycles. The smallest absolute Gasteiger partial charge is 0.201 e. The van der Waals surface area contributed by atoms with Gasteiger partial charge in [-0.25, -0.2) is 0 Å². The molecule has 0 saturated heterocycles. The lowest BCUT2D eigenvalue weighted by molar-refractivity contribution is 1.32. The van der Waals surface area contributed by atoms with Crippen molar-refractivity contribution in [1.29, 1.82) is 15.9 Å². The fourth-order valence-corrected chi connectivity index (χ4v) is 1.33. The Morgan fingerprint density at radius 3 is 2.71 bits per heavy atom. The number of nitrogens with one attached hydrogen (secondary N) is 2. The molecule has 0 fully saturated rings. The Morgan fingerprint density at radius 2 is 2.18 bits per heavy atom. The number of amidine groups is 1. The molecule has 0 unspecified atom stereocenters. The van der Waals surface area contributed by atoms with Crippen LogP contribution in [-0.4, -0.2) is 11.5 Å². The second-order valence-corrected chi connectivity index (χ2v) is 3.82. The predicted octanol–water partition coefficient (Wildman–Crippen LogP) is 1.55. The van der Waals surface area contributed by atoms with E-state index in [0.717, 1.165) is 4.47 Å². The lowest BCUT2D eigenvalue weighted by atomic mass is 10.2. The Hall–Kier alpha value is -2.38. The highest BCUT2D eigenvalue weighted by Gasteiger charge is 2.04. The highest BCUT2D eigenvalue weighted by atomic mass is 79.9. The number of nitrogens with zero attached hydrogens (tertiary/aromatic N) is 3. The second kappa shape index (κ2) is 5.64. The minimum absolute atomic E-state index is 0.239. The molecule has 0 aliphatic rings. The van der Waals surface area contributed by atoms with Crippen molar-refractivity contribution in [3.05, 3.63) is 28.2 Å². The van der Waals surface area contributed by atoms with Gasteiger partial charge in [0.15, 0.2) is 5.84 Å². The molecule has 0 radical (unpaired) electrons. The van der Waals surface area contributed by atoms with Crippen molar-refractivity contribution < 1.29 is 0 Å². The van der Waals surface area contributed by atoms with Crippen LogP contribution in [0.4, 0.5) is 5.69 Å². The van der Waals surface area contributed by atoms with Crippen LogP contribution in [0.5, 0.6) is 0 Å². The van der Waals surface area contributed by atoms with Crippen LogP contribution in [0.2, 0.25) is 0 Å². The van der Waals surface area contributed by atoms with E-state index in [2.05, 4.69) is 26.5 Å². The van der Waals surface area contributed by atoms with Crippen LogP contribution in [0.1, 0.15) is 5.56 Å². The van der Waals surface area contributed by atoms with Crippen molar-refractivity contribution in [2.75, 3.05) is 5.43 Å². The summed E-state index contributed by atoms with van der Waals surface area (Å²) in [4.78, 5) is 0. The topological polar surface area (TPSA) is 122 Å². The van der Waals surface area contributed by atoms with Crippen molar-refractivity contribution in [3.63, 3.8) is 0 Å². The van der Waals surface area contributed by atoms with Crippen LogP contribution in [0.15, 0.2) is 27.8 Å². The van der Waals surface area contributed by atoms with Crippen molar-refractivity contribution in [2.45, 2.75) is 0 Å². The lowest BCUT2D eigenvalue weighted by Gasteiger charge is -2.03. The largest absolute Gasteiger partial charge is 0.382 e. The molecule has 0 atom stereocenters. The second-order valence-electron chi connectivity index (χ2n) is 2.90. The molecule has 1 rings (SSSR count). The van der Waals surface area contributed by atoms with Gasteiger partial charge in [0.1, 0.15) is 12.1 Å². The van der Waals surface area contributed by atoms with E-state index in [1.54, 1.807) is 24.3 Å². The molecule has 1 aromatic rings. The molecule has 0 heterocycles. The molecule has 0 spiro atoms. The highest BCUT2D eigenvalue weighted by Crippen LogP contribution is 2.20. The zero-order chi connectivity index (χ0) is 12.8. The van der Waals surface area contributed by atoms with Gasteiger partial charge < -0.3 is 5.73 Å². The van der Waals surface area contributed by atoms with Crippen molar-refractivity contribution >= 4 is 33.2 Å². The number of nitrogens with two attached hydrogens (primary N) is 1. The molecule has 17 heavy (non-hydrogen) atoms. The average molecular weight is 291 g/mol. The van der Waals surface area contributed by atoms with E-state index in [1.165, 1.54) is 0 Å². The van der Waals surface area contributed by atoms with Gasteiger partial charge in [0.05, 0.1) is 11.3 Å². The molecule has 0 aliphatic carbocycles. The van der Waals surface area contributed by atoms with E-state index < -0.39 is 5.84 Å². The number of rotatable bonds is 3. The first-order valence-corrected chi connectivity index (χ1v) is 5.15. The number of hydrogen-bond acceptors (Lipinski definition) is 5. The fraction of sp³-hybridized carbons (Fsp3) is 0. The Labute approximate surface area is 106 Å². The summed E-state index contributed by atoms with van der Waals surface area (Å²) in [7, 11) is 0. The van der Waals surface area contributed by atoms with Crippen LogP contribution in [0.3, 0.4) is 0 Å². The van der Waals surface area contributed by atoms with Gasteiger partial charge in [0, 0.05) is 4.47 Å². The molecule has 0 amide bonds. The Balaban J connectivity index is 3.02. The normalized spacial score (nSPS) is 10.2. The molecule has 0 aliphatic heterocycles. The number of benzene rings is 1. The van der Waals surface area contributed by atoms with Gasteiger partial charge in [-0.1, -0.05) is 15.9 Å². The van der Waals surface area contributed by atoms with E-state index >= 15 is 0 Å². The molecular weight excluding hydrogens is 284 g/mol. The zero-order valence-corrected chi connectivity index (χ0v) is 10.1. The lowest BCUT2D eigenvalue weighted by Crippen LogP contribution is -2.21. The Kier molecular flexibility index (Phi) is 4.21. The summed E-state index contributed by atoms with van der Waals surface area (Å²) in [5.74, 6) is -0.435. The van der Waals surface area contributed by atoms with E-state index in [-0.39, 0.29) is 5.71 Å². The summed E-state index contributed by atoms with van der Waals surface area (Å²) >= 11 is 3.23. The van der Waals surface area contributed by atoms with Gasteiger partial charge in [-0.2, -0.15) is 15.6 Å². The molecule has 1 aromatic carbocycles. The maximum Gasteiger partial charge on any atom is 0.201 e. The number of hydrogen-bond donors (Lipinski definition) is 3. The minimum atomic E-state index is -0.435. The zero-order valence-electron chi connectivity index (χ0n) is 8.53. The summed E-state index contributed by atoms with van der Waals surface area (Å²) in [5.41, 5.74) is 8.21. The number of hydrazone groups is 1. The molecule has 84 valence electrons. The van der Waals surface area contributed by atoms with Crippen LogP contribution in [0, 0.1) is 28.1 Å². The Bertz CT molecular complexity index is 563. The predicted molar refractivity (Wildman–Crippen MR) is 67.4 cm³/mol. The minimum Gasteiger partial charge on any atom is -0.382 e. The van der Waals surface area contributed by atoms with Crippen LogP contribution in [-0.2, 0) is 0 Å². The summed E-state index contributed by atoms with van der Waals surface area (Å²) in [5, 5.41) is 28.2. The SMILES string of the molecule is N#C/C(=N\Nc1ccc(Br)cc1C#N)C(=N)N. The highest BCUT2D eigenvalue weighted by molar-refractivity contribution is 9.10. The van der Waals surface area contributed by atoms with E-state index in [1.807, 2.05) is 6.07 Å². The van der Waals surface area contributed by atoms with E-state index in [4.69, 9.17) is 21.7 Å². The monoisotopic (exact) mass is 290 g/mol. The van der Waals surface area contributed by atoms with E-state index in [9.17, 15) is 0 Å². The van der Waals surface area contributed by atoms with E-state index in [0.29, 0.717) is 11.3 Å². The number of nitriles is 2. The fourth-order valence-electron chi connectivity index (χ4n) is 0.968. The van der Waals surface area contributed by atoms with Gasteiger partial charge in [0.25, 0.3) is 0 Å². The van der Waals surface area contributed by atoms with Gasteiger partial charge in [-0.05, 0) is 18.2 Å². The quantitative estimate of drug-likeness (QED) is 0.444. The molecule has 7 heteroatoms. The third kappa shape index (κ3) is 3.30. The summed E-state index contributed by atoms with van der Waals surface area (Å²) in [6.07, 6.45) is 0. The summed E-state index contributed by atoms with van der Waals surface area (Å²) in [6, 6.07) is 8.60. The first kappa shape index (κ1) is 12.7. The maximum atomic E-state index is 8.88. The molecule has 0 saturated carbocycles. The summed E-state index contributed by atoms with van der Waals surface area (Å²) in [6.45, 7) is 0. The number of halogens is 1. The standard InChI is InChI=1S/C10H7BrN6/c11-7-1-2-8(6(3-7)4-12)16-17-9(5-13)10(14)15/h1-3,16H,(H3,14,15)/b17-9+. The third-order valence-electron chi connectivity index (χ3n) is 1.75. The first-order valence-electron chi connectivity index (χ1n) is 4.36. The van der Waals surface area contributed by atoms with Gasteiger partial charge in [-0.15, -0.1) is 0 Å². The summed E-state index contributed by atoms with van der Waals surface area (Å²) < 4.78 is 0.760. The van der Waals surface area contributed by atoms with Gasteiger partial charge >= 0.3 is 0 Å². The van der Waals surface area contributed by atoms with Crippen molar-refractivity contribution in [1.82, 2.24) is 0 Å². The van der Waals surface area contributed by atoms with Crippen LogP contribution in [0.25, 0.3) is 0 Å². The Morgan fingerprint density at radius 1 is 1.47 bits per heavy atom. The molecule has 6 nitrogen and oxygen atoms in total. The van der Waals surface area contributed by atoms with Crippen molar-refractivity contribution in [2.24, 2.45) is 10.8 Å². The molecule has 0 bridgehead atoms. The van der Waals surface area contributed by atoms with Crippen molar-refractivity contribution in [3.8, 4) is 12.1 Å². The first-order chi connectivity index (χ1) is 8.08. The average Bonchev–Trinajstić information content (AvgIpc) is 2.31. The maximum absolute atomic E-state index is 8.88. The van der Waals surface area contributed by atoms with Gasteiger partial charge in [-0.3, -0.25) is 10.8 Å². The molecule has 4 N–H and O–H groups in total. The van der Waals surface area contributed by atoms with Crippen LogP contribution >= 0.6 is 15.9 Å². The van der Waals surface area contributed by atoms with Gasteiger partial charge in [0.2, 0.25) is 5.71 Å².